The van der Waals surface area contributed by atoms with Crippen LogP contribution in [0.3, 0.4) is 0 Å². The van der Waals surface area contributed by atoms with E-state index in [1.54, 1.807) is 31.1 Å². The van der Waals surface area contributed by atoms with Crippen LogP contribution in [0.15, 0.2) is 48.5 Å². The minimum absolute atomic E-state index is 0.00990. The molecule has 1 fully saturated rings. The number of amides is 3. The Morgan fingerprint density at radius 2 is 1.53 bits per heavy atom. The molecule has 1 unspecified atom stereocenters. The largest absolute Gasteiger partial charge is 0.497 e. The molecule has 3 rings (SSSR count). The van der Waals surface area contributed by atoms with Gasteiger partial charge in [-0.15, -0.1) is 0 Å². The number of ether oxygens (including phenoxy) is 1. The summed E-state index contributed by atoms with van der Waals surface area (Å²) >= 11 is 0. The highest BCUT2D eigenvalue weighted by Crippen LogP contribution is 2.22. The van der Waals surface area contributed by atoms with Gasteiger partial charge in [0.1, 0.15) is 11.8 Å². The zero-order chi connectivity index (χ0) is 26.3. The van der Waals surface area contributed by atoms with Gasteiger partial charge in [-0.1, -0.05) is 45.0 Å². The first-order valence-electron chi connectivity index (χ1n) is 12.7. The summed E-state index contributed by atoms with van der Waals surface area (Å²) in [5.41, 5.74) is 2.78. The Bertz CT molecular complexity index is 1040. The summed E-state index contributed by atoms with van der Waals surface area (Å²) in [6, 6.07) is 14.6. The fourth-order valence-electron chi connectivity index (χ4n) is 4.33. The predicted octanol–water partition coefficient (Wildman–Crippen LogP) is 3.80. The van der Waals surface area contributed by atoms with E-state index in [4.69, 9.17) is 4.74 Å². The lowest BCUT2D eigenvalue weighted by Gasteiger charge is -2.25. The number of carbonyl (C=O) groups is 3. The van der Waals surface area contributed by atoms with Gasteiger partial charge in [0, 0.05) is 38.2 Å². The van der Waals surface area contributed by atoms with Crippen LogP contribution in [0.25, 0.3) is 0 Å². The lowest BCUT2D eigenvalue weighted by atomic mass is 9.86. The minimum Gasteiger partial charge on any atom is -0.497 e. The number of methoxy groups -OCH3 is 1. The van der Waals surface area contributed by atoms with E-state index in [2.05, 4.69) is 26.1 Å². The maximum absolute atomic E-state index is 13.0. The molecule has 0 aliphatic carbocycles. The molecule has 1 atom stereocenters. The Balaban J connectivity index is 1.48. The van der Waals surface area contributed by atoms with Gasteiger partial charge in [-0.25, -0.2) is 0 Å². The lowest BCUT2D eigenvalue weighted by Crippen LogP contribution is -2.48. The van der Waals surface area contributed by atoms with Crippen LogP contribution in [0.4, 0.5) is 0 Å². The lowest BCUT2D eigenvalue weighted by molar-refractivity contribution is -0.134. The van der Waals surface area contributed by atoms with E-state index in [0.29, 0.717) is 44.6 Å². The molecule has 7 heteroatoms. The summed E-state index contributed by atoms with van der Waals surface area (Å²) in [5, 5.41) is 2.83. The van der Waals surface area contributed by atoms with E-state index < -0.39 is 6.04 Å². The fourth-order valence-corrected chi connectivity index (χ4v) is 4.33. The molecule has 1 N–H and O–H groups in total. The second kappa shape index (κ2) is 12.1. The zero-order valence-corrected chi connectivity index (χ0v) is 22.2. The smallest absolute Gasteiger partial charge is 0.251 e. The zero-order valence-electron chi connectivity index (χ0n) is 22.2. The molecular formula is C29H39N3O4. The average molecular weight is 494 g/mol. The monoisotopic (exact) mass is 493 g/mol. The maximum atomic E-state index is 13.0. The van der Waals surface area contributed by atoms with Crippen molar-refractivity contribution in [3.05, 3.63) is 65.2 Å². The molecule has 1 saturated heterocycles. The standard InChI is InChI=1S/C29H39N3O4/c1-21(30-27(34)23-10-12-24(13-11-23)29(2,3)4)28(35)32-18-6-17-31(19-20-32)26(33)16-9-22-7-14-25(36-5)15-8-22/h7-8,10-15,21H,6,9,16-20H2,1-5H3,(H,30,34). The second-order valence-corrected chi connectivity index (χ2v) is 10.4. The summed E-state index contributed by atoms with van der Waals surface area (Å²) in [7, 11) is 1.63. The van der Waals surface area contributed by atoms with Crippen molar-refractivity contribution in [1.29, 1.82) is 0 Å². The molecule has 36 heavy (non-hydrogen) atoms. The Morgan fingerprint density at radius 1 is 0.917 bits per heavy atom. The summed E-state index contributed by atoms with van der Waals surface area (Å²) in [6.07, 6.45) is 1.82. The van der Waals surface area contributed by atoms with Crippen LogP contribution in [0.5, 0.6) is 5.75 Å². The third-order valence-electron chi connectivity index (χ3n) is 6.68. The Hall–Kier alpha value is -3.35. The number of rotatable bonds is 7. The quantitative estimate of drug-likeness (QED) is 0.636. The molecule has 0 spiro atoms. The van der Waals surface area contributed by atoms with Gasteiger partial charge in [-0.05, 0) is 60.6 Å². The number of benzene rings is 2. The van der Waals surface area contributed by atoms with Crippen molar-refractivity contribution < 1.29 is 19.1 Å². The fraction of sp³-hybridized carbons (Fsp3) is 0.483. The summed E-state index contributed by atoms with van der Waals surface area (Å²) in [5.74, 6) is 0.509. The highest BCUT2D eigenvalue weighted by Gasteiger charge is 2.26. The molecular weight excluding hydrogens is 454 g/mol. The number of nitrogens with zero attached hydrogens (tertiary/aromatic N) is 2. The normalized spacial score (nSPS) is 15.1. The van der Waals surface area contributed by atoms with Crippen LogP contribution in [0, 0.1) is 0 Å². The van der Waals surface area contributed by atoms with Crippen molar-refractivity contribution in [2.24, 2.45) is 0 Å². The molecule has 2 aromatic rings. The molecule has 0 bridgehead atoms. The first-order chi connectivity index (χ1) is 17.1. The Morgan fingerprint density at radius 3 is 2.14 bits per heavy atom. The van der Waals surface area contributed by atoms with Crippen LogP contribution in [-0.2, 0) is 21.4 Å². The predicted molar refractivity (Wildman–Crippen MR) is 141 cm³/mol. The second-order valence-electron chi connectivity index (χ2n) is 10.4. The summed E-state index contributed by atoms with van der Waals surface area (Å²) < 4.78 is 5.18. The van der Waals surface area contributed by atoms with Crippen LogP contribution < -0.4 is 10.1 Å². The highest BCUT2D eigenvalue weighted by molar-refractivity contribution is 5.97. The summed E-state index contributed by atoms with van der Waals surface area (Å²) in [6.45, 7) is 10.3. The first kappa shape index (κ1) is 27.2. The minimum atomic E-state index is -0.642. The third-order valence-corrected chi connectivity index (χ3v) is 6.68. The van der Waals surface area contributed by atoms with Gasteiger partial charge < -0.3 is 19.9 Å². The van der Waals surface area contributed by atoms with E-state index in [1.165, 1.54) is 0 Å². The Labute approximate surface area is 214 Å². The van der Waals surface area contributed by atoms with Gasteiger partial charge in [0.05, 0.1) is 7.11 Å². The van der Waals surface area contributed by atoms with E-state index in [9.17, 15) is 14.4 Å². The van der Waals surface area contributed by atoms with Crippen LogP contribution in [0.2, 0.25) is 0 Å². The number of hydrogen-bond acceptors (Lipinski definition) is 4. The first-order valence-corrected chi connectivity index (χ1v) is 12.7. The van der Waals surface area contributed by atoms with Gasteiger partial charge in [-0.3, -0.25) is 14.4 Å². The highest BCUT2D eigenvalue weighted by atomic mass is 16.5. The molecule has 1 aliphatic heterocycles. The molecule has 0 saturated carbocycles. The van der Waals surface area contributed by atoms with Crippen LogP contribution in [0.1, 0.15) is 62.0 Å². The van der Waals surface area contributed by atoms with Crippen LogP contribution in [-0.4, -0.2) is 66.9 Å². The van der Waals surface area contributed by atoms with Crippen molar-refractivity contribution in [1.82, 2.24) is 15.1 Å². The molecule has 3 amide bonds. The van der Waals surface area contributed by atoms with Crippen molar-refractivity contribution in [2.45, 2.75) is 58.4 Å². The molecule has 2 aromatic carbocycles. The molecule has 0 aromatic heterocycles. The van der Waals surface area contributed by atoms with Gasteiger partial charge in [0.25, 0.3) is 5.91 Å². The molecule has 194 valence electrons. The Kier molecular flexibility index (Phi) is 9.13. The summed E-state index contributed by atoms with van der Waals surface area (Å²) in [4.78, 5) is 42.1. The van der Waals surface area contributed by atoms with Crippen molar-refractivity contribution >= 4 is 17.7 Å². The third kappa shape index (κ3) is 7.33. The van der Waals surface area contributed by atoms with Crippen molar-refractivity contribution in [3.63, 3.8) is 0 Å². The van der Waals surface area contributed by atoms with Crippen molar-refractivity contribution in [3.8, 4) is 5.75 Å². The molecule has 1 aliphatic rings. The van der Waals surface area contributed by atoms with Gasteiger partial charge >= 0.3 is 0 Å². The number of hydrogen-bond donors (Lipinski definition) is 1. The number of aryl methyl sites for hydroxylation is 1. The molecule has 1 heterocycles. The van der Waals surface area contributed by atoms with E-state index in [-0.39, 0.29) is 23.1 Å². The SMILES string of the molecule is COc1ccc(CCC(=O)N2CCCN(C(=O)C(C)NC(=O)c3ccc(C(C)(C)C)cc3)CC2)cc1. The number of carbonyl (C=O) groups excluding carboxylic acids is 3. The molecule has 7 nitrogen and oxygen atoms in total. The van der Waals surface area contributed by atoms with Gasteiger partial charge in [0.15, 0.2) is 0 Å². The van der Waals surface area contributed by atoms with E-state index in [1.807, 2.05) is 41.3 Å². The number of nitrogens with one attached hydrogen (secondary N) is 1. The van der Waals surface area contributed by atoms with Gasteiger partial charge in [0.2, 0.25) is 11.8 Å². The van der Waals surface area contributed by atoms with Crippen LogP contribution >= 0.6 is 0 Å². The molecule has 0 radical (unpaired) electrons. The topological polar surface area (TPSA) is 79.0 Å². The average Bonchev–Trinajstić information content (AvgIpc) is 3.13. The van der Waals surface area contributed by atoms with Gasteiger partial charge in [-0.2, -0.15) is 0 Å². The van der Waals surface area contributed by atoms with E-state index >= 15 is 0 Å². The van der Waals surface area contributed by atoms with Crippen molar-refractivity contribution in [2.75, 3.05) is 33.3 Å². The maximum Gasteiger partial charge on any atom is 0.251 e. The van der Waals surface area contributed by atoms with E-state index in [0.717, 1.165) is 23.3 Å².